The third kappa shape index (κ3) is 3.11. The fourth-order valence-corrected chi connectivity index (χ4v) is 3.17. The Bertz CT molecular complexity index is 792. The molecule has 1 saturated heterocycles. The highest BCUT2D eigenvalue weighted by Crippen LogP contribution is 2.23. The van der Waals surface area contributed by atoms with Gasteiger partial charge in [0, 0.05) is 50.6 Å². The average molecular weight is 328 g/mol. The quantitative estimate of drug-likeness (QED) is 0.840. The Hall–Kier alpha value is -2.44. The van der Waals surface area contributed by atoms with Crippen LogP contribution in [0.2, 0.25) is 0 Å². The molecule has 3 rings (SSSR count). The summed E-state index contributed by atoms with van der Waals surface area (Å²) >= 11 is 0. The van der Waals surface area contributed by atoms with Crippen molar-refractivity contribution in [3.05, 3.63) is 39.8 Å². The van der Waals surface area contributed by atoms with Crippen molar-refractivity contribution in [2.75, 3.05) is 36.0 Å². The molecule has 0 bridgehead atoms. The predicted molar refractivity (Wildman–Crippen MR) is 94.8 cm³/mol. The van der Waals surface area contributed by atoms with Crippen molar-refractivity contribution < 1.29 is 0 Å². The van der Waals surface area contributed by atoms with Crippen LogP contribution in [0.15, 0.2) is 17.2 Å². The molecule has 0 spiro atoms. The van der Waals surface area contributed by atoms with E-state index >= 15 is 0 Å². The minimum atomic E-state index is -0.0299. The standard InChI is InChI=1S/C17H24N6O/c1-5-14-12(2)19-13(3)20-17(14)23-8-6-22(7-9-23)15-10-16(24)21(4)11-18-15/h10-11H,5-9H2,1-4H3. The molecule has 3 heterocycles. The highest BCUT2D eigenvalue weighted by atomic mass is 16.1. The molecule has 0 saturated carbocycles. The summed E-state index contributed by atoms with van der Waals surface area (Å²) in [5, 5.41) is 0. The van der Waals surface area contributed by atoms with E-state index in [4.69, 9.17) is 0 Å². The van der Waals surface area contributed by atoms with Gasteiger partial charge in [0.2, 0.25) is 0 Å². The van der Waals surface area contributed by atoms with Gasteiger partial charge in [-0.3, -0.25) is 4.79 Å². The van der Waals surface area contributed by atoms with Crippen molar-refractivity contribution >= 4 is 11.6 Å². The van der Waals surface area contributed by atoms with Crippen molar-refractivity contribution in [1.29, 1.82) is 0 Å². The third-order valence-electron chi connectivity index (χ3n) is 4.52. The van der Waals surface area contributed by atoms with Gasteiger partial charge in [-0.2, -0.15) is 0 Å². The van der Waals surface area contributed by atoms with Crippen LogP contribution in [0, 0.1) is 13.8 Å². The fraction of sp³-hybridized carbons (Fsp3) is 0.529. The molecule has 0 unspecified atom stereocenters. The number of hydrogen-bond acceptors (Lipinski definition) is 6. The molecule has 24 heavy (non-hydrogen) atoms. The molecule has 128 valence electrons. The van der Waals surface area contributed by atoms with Gasteiger partial charge in [0.1, 0.15) is 17.5 Å². The van der Waals surface area contributed by atoms with Gasteiger partial charge in [-0.25, -0.2) is 15.0 Å². The SMILES string of the molecule is CCc1c(C)nc(C)nc1N1CCN(c2cc(=O)n(C)cn2)CC1. The molecule has 1 fully saturated rings. The molecular weight excluding hydrogens is 304 g/mol. The number of piperazine rings is 1. The van der Waals surface area contributed by atoms with Crippen LogP contribution in [-0.2, 0) is 13.5 Å². The van der Waals surface area contributed by atoms with Crippen molar-refractivity contribution in [2.45, 2.75) is 27.2 Å². The molecule has 7 heteroatoms. The second kappa shape index (κ2) is 6.59. The van der Waals surface area contributed by atoms with Gasteiger partial charge < -0.3 is 14.4 Å². The Kier molecular flexibility index (Phi) is 4.51. The number of aryl methyl sites for hydroxylation is 3. The van der Waals surface area contributed by atoms with Crippen molar-refractivity contribution in [1.82, 2.24) is 19.5 Å². The van der Waals surface area contributed by atoms with Gasteiger partial charge in [-0.15, -0.1) is 0 Å². The molecule has 0 aromatic carbocycles. The number of nitrogens with zero attached hydrogens (tertiary/aromatic N) is 6. The highest BCUT2D eigenvalue weighted by Gasteiger charge is 2.22. The van der Waals surface area contributed by atoms with Crippen LogP contribution >= 0.6 is 0 Å². The largest absolute Gasteiger partial charge is 0.353 e. The lowest BCUT2D eigenvalue weighted by Crippen LogP contribution is -2.47. The van der Waals surface area contributed by atoms with Crippen LogP contribution < -0.4 is 15.4 Å². The van der Waals surface area contributed by atoms with E-state index in [2.05, 4.69) is 38.6 Å². The normalized spacial score (nSPS) is 15.0. The maximum absolute atomic E-state index is 11.8. The Morgan fingerprint density at radius 1 is 1.08 bits per heavy atom. The molecule has 0 radical (unpaired) electrons. The van der Waals surface area contributed by atoms with Crippen LogP contribution in [-0.4, -0.2) is 45.7 Å². The first-order valence-corrected chi connectivity index (χ1v) is 8.36. The molecular formula is C17H24N6O. The third-order valence-corrected chi connectivity index (χ3v) is 4.52. The molecule has 0 amide bonds. The van der Waals surface area contributed by atoms with E-state index < -0.39 is 0 Å². The van der Waals surface area contributed by atoms with Gasteiger partial charge in [0.25, 0.3) is 5.56 Å². The van der Waals surface area contributed by atoms with E-state index in [0.717, 1.165) is 55.8 Å². The maximum atomic E-state index is 11.8. The Morgan fingerprint density at radius 3 is 2.38 bits per heavy atom. The maximum Gasteiger partial charge on any atom is 0.255 e. The lowest BCUT2D eigenvalue weighted by atomic mass is 10.1. The Balaban J connectivity index is 1.78. The smallest absolute Gasteiger partial charge is 0.255 e. The number of anilines is 2. The zero-order valence-corrected chi connectivity index (χ0v) is 14.8. The monoisotopic (exact) mass is 328 g/mol. The summed E-state index contributed by atoms with van der Waals surface area (Å²) in [6.45, 7) is 9.51. The van der Waals surface area contributed by atoms with Crippen molar-refractivity contribution in [3.63, 3.8) is 0 Å². The van der Waals surface area contributed by atoms with Crippen molar-refractivity contribution in [3.8, 4) is 0 Å². The molecule has 7 nitrogen and oxygen atoms in total. The number of rotatable bonds is 3. The van der Waals surface area contributed by atoms with Gasteiger partial charge in [0.15, 0.2) is 0 Å². The van der Waals surface area contributed by atoms with E-state index in [1.165, 1.54) is 10.1 Å². The summed E-state index contributed by atoms with van der Waals surface area (Å²) < 4.78 is 1.49. The van der Waals surface area contributed by atoms with Gasteiger partial charge in [-0.1, -0.05) is 6.92 Å². The molecule has 2 aromatic heterocycles. The summed E-state index contributed by atoms with van der Waals surface area (Å²) in [5.74, 6) is 2.62. The molecule has 0 aliphatic carbocycles. The second-order valence-electron chi connectivity index (χ2n) is 6.18. The second-order valence-corrected chi connectivity index (χ2v) is 6.18. The first kappa shape index (κ1) is 16.4. The molecule has 1 aliphatic heterocycles. The molecule has 1 aliphatic rings. The van der Waals surface area contributed by atoms with Gasteiger partial charge in [-0.05, 0) is 20.3 Å². The summed E-state index contributed by atoms with van der Waals surface area (Å²) in [6.07, 6.45) is 2.51. The molecule has 2 aromatic rings. The lowest BCUT2D eigenvalue weighted by Gasteiger charge is -2.37. The zero-order chi connectivity index (χ0) is 17.3. The van der Waals surface area contributed by atoms with Crippen LogP contribution in [0.5, 0.6) is 0 Å². The fourth-order valence-electron chi connectivity index (χ4n) is 3.17. The zero-order valence-electron chi connectivity index (χ0n) is 14.8. The average Bonchev–Trinajstić information content (AvgIpc) is 2.57. The summed E-state index contributed by atoms with van der Waals surface area (Å²) in [6, 6.07) is 1.60. The van der Waals surface area contributed by atoms with Crippen molar-refractivity contribution in [2.24, 2.45) is 7.05 Å². The highest BCUT2D eigenvalue weighted by molar-refractivity contribution is 5.51. The van der Waals surface area contributed by atoms with Crippen LogP contribution in [0.1, 0.15) is 24.0 Å². The van der Waals surface area contributed by atoms with Gasteiger partial charge in [0.05, 0.1) is 6.33 Å². The first-order chi connectivity index (χ1) is 11.5. The van der Waals surface area contributed by atoms with Crippen LogP contribution in [0.4, 0.5) is 11.6 Å². The number of aromatic nitrogens is 4. The summed E-state index contributed by atoms with van der Waals surface area (Å²) in [4.78, 5) is 29.8. The summed E-state index contributed by atoms with van der Waals surface area (Å²) in [7, 11) is 1.71. The summed E-state index contributed by atoms with van der Waals surface area (Å²) in [5.41, 5.74) is 2.26. The van der Waals surface area contributed by atoms with Gasteiger partial charge >= 0.3 is 0 Å². The Morgan fingerprint density at radius 2 is 1.75 bits per heavy atom. The van der Waals surface area contributed by atoms with E-state index in [1.54, 1.807) is 19.4 Å². The lowest BCUT2D eigenvalue weighted by molar-refractivity contribution is 0.633. The minimum absolute atomic E-state index is 0.0299. The van der Waals surface area contributed by atoms with E-state index in [0.29, 0.717) is 0 Å². The number of hydrogen-bond donors (Lipinski definition) is 0. The van der Waals surface area contributed by atoms with Crippen LogP contribution in [0.25, 0.3) is 0 Å². The Labute approximate surface area is 142 Å². The van der Waals surface area contributed by atoms with Crippen LogP contribution in [0.3, 0.4) is 0 Å². The first-order valence-electron chi connectivity index (χ1n) is 8.36. The minimum Gasteiger partial charge on any atom is -0.353 e. The van der Waals surface area contributed by atoms with E-state index in [9.17, 15) is 4.79 Å². The predicted octanol–water partition coefficient (Wildman–Crippen LogP) is 1.08. The van der Waals surface area contributed by atoms with E-state index in [1.807, 2.05) is 6.92 Å². The molecule has 0 atom stereocenters. The topological polar surface area (TPSA) is 67.2 Å². The molecule has 0 N–H and O–H groups in total. The van der Waals surface area contributed by atoms with E-state index in [-0.39, 0.29) is 5.56 Å².